The molecule has 0 aliphatic rings. The molecule has 17 heavy (non-hydrogen) atoms. The minimum Gasteiger partial charge on any atom is -0.481 e. The van der Waals surface area contributed by atoms with Gasteiger partial charge in [-0.2, -0.15) is 0 Å². The molecule has 1 rings (SSSR count). The van der Waals surface area contributed by atoms with Crippen LogP contribution in [0.1, 0.15) is 12.5 Å². The zero-order valence-corrected chi connectivity index (χ0v) is 9.98. The number of hydrogen-bond acceptors (Lipinski definition) is 3. The Bertz CT molecular complexity index is 391. The van der Waals surface area contributed by atoms with Gasteiger partial charge in [-0.1, -0.05) is 18.2 Å². The van der Waals surface area contributed by atoms with Gasteiger partial charge in [-0.3, -0.25) is 4.79 Å². The summed E-state index contributed by atoms with van der Waals surface area (Å²) in [4.78, 5) is 11.6. The molecule has 1 aromatic carbocycles. The van der Waals surface area contributed by atoms with Crippen LogP contribution < -0.4 is 15.8 Å². The summed E-state index contributed by atoms with van der Waals surface area (Å²) < 4.78 is 5.51. The highest BCUT2D eigenvalue weighted by atomic mass is 16.5. The van der Waals surface area contributed by atoms with Crippen molar-refractivity contribution in [2.75, 3.05) is 6.54 Å². The third-order valence-corrected chi connectivity index (χ3v) is 2.24. The quantitative estimate of drug-likeness (QED) is 0.727. The van der Waals surface area contributed by atoms with Crippen LogP contribution in [0.5, 0.6) is 5.75 Å². The van der Waals surface area contributed by atoms with Crippen molar-refractivity contribution in [1.29, 1.82) is 0 Å². The van der Waals surface area contributed by atoms with Crippen molar-refractivity contribution in [2.45, 2.75) is 19.6 Å². The number of ether oxygens (including phenoxy) is 1. The highest BCUT2D eigenvalue weighted by Gasteiger charge is 2.13. The Hall–Kier alpha value is -1.81. The molecule has 3 N–H and O–H groups in total. The lowest BCUT2D eigenvalue weighted by Gasteiger charge is -2.14. The van der Waals surface area contributed by atoms with E-state index in [0.29, 0.717) is 18.8 Å². The van der Waals surface area contributed by atoms with E-state index in [1.54, 1.807) is 19.1 Å². The highest BCUT2D eigenvalue weighted by molar-refractivity contribution is 5.80. The Kier molecular flexibility index (Phi) is 5.23. The first-order valence-electron chi connectivity index (χ1n) is 5.51. The van der Waals surface area contributed by atoms with Gasteiger partial charge < -0.3 is 15.8 Å². The smallest absolute Gasteiger partial charge is 0.261 e. The fraction of sp³-hybridized carbons (Fsp3) is 0.308. The van der Waals surface area contributed by atoms with Crippen LogP contribution in [-0.4, -0.2) is 18.6 Å². The van der Waals surface area contributed by atoms with Crippen molar-refractivity contribution in [2.24, 2.45) is 5.73 Å². The summed E-state index contributed by atoms with van der Waals surface area (Å²) in [7, 11) is 0. The van der Waals surface area contributed by atoms with Crippen LogP contribution in [0, 0.1) is 0 Å². The summed E-state index contributed by atoms with van der Waals surface area (Å²) >= 11 is 0. The summed E-state index contributed by atoms with van der Waals surface area (Å²) in [5.74, 6) is 0.484. The van der Waals surface area contributed by atoms with Crippen LogP contribution in [0.3, 0.4) is 0 Å². The Morgan fingerprint density at radius 1 is 1.65 bits per heavy atom. The molecular weight excluding hydrogens is 216 g/mol. The molecule has 0 spiro atoms. The molecule has 0 aromatic heterocycles. The molecule has 1 aromatic rings. The summed E-state index contributed by atoms with van der Waals surface area (Å²) in [5, 5.41) is 2.67. The average Bonchev–Trinajstić information content (AvgIpc) is 2.36. The number of rotatable bonds is 6. The van der Waals surface area contributed by atoms with Gasteiger partial charge in [-0.25, -0.2) is 0 Å². The van der Waals surface area contributed by atoms with Crippen LogP contribution in [0.25, 0.3) is 0 Å². The molecular formula is C13H18N2O2. The summed E-state index contributed by atoms with van der Waals surface area (Å²) in [6.07, 6.45) is 1.09. The minimum atomic E-state index is -0.539. The van der Waals surface area contributed by atoms with Crippen LogP contribution in [0.15, 0.2) is 36.9 Å². The van der Waals surface area contributed by atoms with Crippen molar-refractivity contribution in [1.82, 2.24) is 5.32 Å². The SMILES string of the molecule is C=CCNC(=O)C(C)Oc1cccc(CN)c1. The van der Waals surface area contributed by atoms with Crippen LogP contribution >= 0.6 is 0 Å². The van der Waals surface area contributed by atoms with Crippen molar-refractivity contribution in [3.63, 3.8) is 0 Å². The summed E-state index contributed by atoms with van der Waals surface area (Å²) in [6, 6.07) is 7.40. The van der Waals surface area contributed by atoms with Gasteiger partial charge in [0.25, 0.3) is 5.91 Å². The Morgan fingerprint density at radius 2 is 2.41 bits per heavy atom. The lowest BCUT2D eigenvalue weighted by Crippen LogP contribution is -2.36. The largest absolute Gasteiger partial charge is 0.481 e. The first-order chi connectivity index (χ1) is 8.17. The molecule has 0 radical (unpaired) electrons. The van der Waals surface area contributed by atoms with Crippen molar-refractivity contribution >= 4 is 5.91 Å². The number of amides is 1. The summed E-state index contributed by atoms with van der Waals surface area (Å²) in [5.41, 5.74) is 6.50. The van der Waals surface area contributed by atoms with Gasteiger partial charge in [0.15, 0.2) is 6.10 Å². The minimum absolute atomic E-state index is 0.164. The first-order valence-corrected chi connectivity index (χ1v) is 5.51. The molecule has 0 bridgehead atoms. The third-order valence-electron chi connectivity index (χ3n) is 2.24. The molecule has 0 fully saturated rings. The van der Waals surface area contributed by atoms with Gasteiger partial charge in [-0.15, -0.1) is 6.58 Å². The Labute approximate surface area is 101 Å². The van der Waals surface area contributed by atoms with Crippen LogP contribution in [0.2, 0.25) is 0 Å². The molecule has 0 saturated heterocycles. The maximum Gasteiger partial charge on any atom is 0.261 e. The van der Waals surface area contributed by atoms with E-state index in [0.717, 1.165) is 5.56 Å². The van der Waals surface area contributed by atoms with Gasteiger partial charge >= 0.3 is 0 Å². The Morgan fingerprint density at radius 3 is 3.06 bits per heavy atom. The van der Waals surface area contributed by atoms with Crippen molar-refractivity contribution in [3.8, 4) is 5.75 Å². The standard InChI is InChI=1S/C13H18N2O2/c1-3-7-15-13(16)10(2)17-12-6-4-5-11(8-12)9-14/h3-6,8,10H,1,7,9,14H2,2H3,(H,15,16). The van der Waals surface area contributed by atoms with E-state index >= 15 is 0 Å². The van der Waals surface area contributed by atoms with Gasteiger partial charge in [0.05, 0.1) is 0 Å². The van der Waals surface area contributed by atoms with Crippen molar-refractivity contribution < 1.29 is 9.53 Å². The fourth-order valence-electron chi connectivity index (χ4n) is 1.32. The molecule has 1 amide bonds. The molecule has 4 heteroatoms. The van der Waals surface area contributed by atoms with Crippen molar-refractivity contribution in [3.05, 3.63) is 42.5 Å². The molecule has 1 unspecified atom stereocenters. The topological polar surface area (TPSA) is 64.3 Å². The molecule has 92 valence electrons. The van der Waals surface area contributed by atoms with E-state index in [1.807, 2.05) is 18.2 Å². The van der Waals surface area contributed by atoms with E-state index < -0.39 is 6.10 Å². The van der Waals surface area contributed by atoms with Gasteiger partial charge in [-0.05, 0) is 24.6 Å². The second-order valence-corrected chi connectivity index (χ2v) is 3.65. The summed E-state index contributed by atoms with van der Waals surface area (Å²) in [6.45, 7) is 6.12. The van der Waals surface area contributed by atoms with E-state index in [-0.39, 0.29) is 5.91 Å². The van der Waals surface area contributed by atoms with E-state index in [2.05, 4.69) is 11.9 Å². The number of carbonyl (C=O) groups excluding carboxylic acids is 1. The van der Waals surface area contributed by atoms with Gasteiger partial charge in [0.2, 0.25) is 0 Å². The molecule has 1 atom stereocenters. The predicted octanol–water partition coefficient (Wildman–Crippen LogP) is 1.21. The van der Waals surface area contributed by atoms with E-state index in [4.69, 9.17) is 10.5 Å². The molecule has 4 nitrogen and oxygen atoms in total. The maximum atomic E-state index is 11.6. The number of nitrogens with one attached hydrogen (secondary N) is 1. The van der Waals surface area contributed by atoms with Gasteiger partial charge in [0, 0.05) is 13.1 Å². The number of hydrogen-bond donors (Lipinski definition) is 2. The third kappa shape index (κ3) is 4.28. The number of carbonyl (C=O) groups is 1. The average molecular weight is 234 g/mol. The van der Waals surface area contributed by atoms with E-state index in [9.17, 15) is 4.79 Å². The van der Waals surface area contributed by atoms with Crippen LogP contribution in [-0.2, 0) is 11.3 Å². The monoisotopic (exact) mass is 234 g/mol. The molecule has 0 aliphatic heterocycles. The van der Waals surface area contributed by atoms with E-state index in [1.165, 1.54) is 0 Å². The highest BCUT2D eigenvalue weighted by Crippen LogP contribution is 2.14. The first kappa shape index (κ1) is 13.3. The normalized spacial score (nSPS) is 11.6. The van der Waals surface area contributed by atoms with Gasteiger partial charge in [0.1, 0.15) is 5.75 Å². The lowest BCUT2D eigenvalue weighted by molar-refractivity contribution is -0.127. The molecule has 0 aliphatic carbocycles. The zero-order valence-electron chi connectivity index (χ0n) is 9.98. The molecule has 0 heterocycles. The lowest BCUT2D eigenvalue weighted by atomic mass is 10.2. The maximum absolute atomic E-state index is 11.6. The Balaban J connectivity index is 2.57. The zero-order chi connectivity index (χ0) is 12.7. The second kappa shape index (κ2) is 6.70. The fourth-order valence-corrected chi connectivity index (χ4v) is 1.32. The number of benzene rings is 1. The molecule has 0 saturated carbocycles. The van der Waals surface area contributed by atoms with Crippen LogP contribution in [0.4, 0.5) is 0 Å². The predicted molar refractivity (Wildman–Crippen MR) is 67.6 cm³/mol. The number of nitrogens with two attached hydrogens (primary N) is 1. The second-order valence-electron chi connectivity index (χ2n) is 3.65.